The summed E-state index contributed by atoms with van der Waals surface area (Å²) in [6.07, 6.45) is 2.90. The summed E-state index contributed by atoms with van der Waals surface area (Å²) in [5.74, 6) is 0.00883. The van der Waals surface area contributed by atoms with Crippen LogP contribution in [0.15, 0.2) is 24.3 Å². The number of nitrogens with zero attached hydrogens (tertiary/aromatic N) is 1. The van der Waals surface area contributed by atoms with Crippen LogP contribution in [0.25, 0.3) is 0 Å². The SMILES string of the molecule is CCC(C)Oc1ccccc1CN1CCCC(C(=O)O)C1. The summed E-state index contributed by atoms with van der Waals surface area (Å²) in [6.45, 7) is 6.53. The molecule has 1 heterocycles. The Kier molecular flexibility index (Phi) is 5.62. The number of likely N-dealkylation sites (tertiary alicyclic amines) is 1. The van der Waals surface area contributed by atoms with E-state index < -0.39 is 5.97 Å². The lowest BCUT2D eigenvalue weighted by atomic mass is 9.98. The van der Waals surface area contributed by atoms with Crippen molar-refractivity contribution in [2.45, 2.75) is 45.8 Å². The van der Waals surface area contributed by atoms with E-state index in [1.807, 2.05) is 18.2 Å². The quantitative estimate of drug-likeness (QED) is 0.874. The maximum Gasteiger partial charge on any atom is 0.307 e. The van der Waals surface area contributed by atoms with E-state index in [0.717, 1.165) is 43.7 Å². The third-order valence-electron chi connectivity index (χ3n) is 4.12. The van der Waals surface area contributed by atoms with Gasteiger partial charge >= 0.3 is 5.97 Å². The largest absolute Gasteiger partial charge is 0.490 e. The van der Waals surface area contributed by atoms with Gasteiger partial charge in [-0.1, -0.05) is 25.1 Å². The predicted molar refractivity (Wildman–Crippen MR) is 82.5 cm³/mol. The lowest BCUT2D eigenvalue weighted by Gasteiger charge is -2.31. The Morgan fingerprint density at radius 1 is 1.48 bits per heavy atom. The highest BCUT2D eigenvalue weighted by Crippen LogP contribution is 2.24. The number of para-hydroxylation sites is 1. The minimum absolute atomic E-state index is 0.194. The minimum atomic E-state index is -0.677. The molecule has 0 radical (unpaired) electrons. The molecule has 0 aliphatic carbocycles. The van der Waals surface area contributed by atoms with Gasteiger partial charge in [0.1, 0.15) is 5.75 Å². The van der Waals surface area contributed by atoms with Gasteiger partial charge in [0.25, 0.3) is 0 Å². The normalized spacial score (nSPS) is 21.0. The Morgan fingerprint density at radius 2 is 2.24 bits per heavy atom. The first-order valence-corrected chi connectivity index (χ1v) is 7.80. The summed E-state index contributed by atoms with van der Waals surface area (Å²) in [5.41, 5.74) is 1.14. The first-order chi connectivity index (χ1) is 10.1. The topological polar surface area (TPSA) is 49.8 Å². The van der Waals surface area contributed by atoms with Crippen molar-refractivity contribution < 1.29 is 14.6 Å². The summed E-state index contributed by atoms with van der Waals surface area (Å²) in [5, 5.41) is 9.18. The van der Waals surface area contributed by atoms with Gasteiger partial charge in [0.05, 0.1) is 12.0 Å². The number of aliphatic carboxylic acids is 1. The average molecular weight is 291 g/mol. The van der Waals surface area contributed by atoms with E-state index in [-0.39, 0.29) is 12.0 Å². The van der Waals surface area contributed by atoms with Crippen molar-refractivity contribution in [3.05, 3.63) is 29.8 Å². The van der Waals surface area contributed by atoms with Crippen molar-refractivity contribution in [3.63, 3.8) is 0 Å². The Morgan fingerprint density at radius 3 is 2.95 bits per heavy atom. The number of hydrogen-bond donors (Lipinski definition) is 1. The van der Waals surface area contributed by atoms with E-state index in [1.165, 1.54) is 0 Å². The molecule has 21 heavy (non-hydrogen) atoms. The van der Waals surface area contributed by atoms with Crippen LogP contribution in [-0.2, 0) is 11.3 Å². The Balaban J connectivity index is 2.03. The molecular weight excluding hydrogens is 266 g/mol. The highest BCUT2D eigenvalue weighted by Gasteiger charge is 2.25. The van der Waals surface area contributed by atoms with E-state index in [9.17, 15) is 9.90 Å². The van der Waals surface area contributed by atoms with Gasteiger partial charge in [-0.05, 0) is 38.8 Å². The zero-order valence-electron chi connectivity index (χ0n) is 12.9. The van der Waals surface area contributed by atoms with Crippen molar-refractivity contribution in [2.24, 2.45) is 5.92 Å². The molecule has 1 aliphatic heterocycles. The van der Waals surface area contributed by atoms with Gasteiger partial charge in [-0.25, -0.2) is 0 Å². The number of hydrogen-bond acceptors (Lipinski definition) is 3. The number of benzene rings is 1. The summed E-state index contributed by atoms with van der Waals surface area (Å²) >= 11 is 0. The van der Waals surface area contributed by atoms with Crippen molar-refractivity contribution in [2.75, 3.05) is 13.1 Å². The Labute approximate surface area is 126 Å². The van der Waals surface area contributed by atoms with Crippen LogP contribution >= 0.6 is 0 Å². The molecule has 2 rings (SSSR count). The monoisotopic (exact) mass is 291 g/mol. The van der Waals surface area contributed by atoms with Crippen molar-refractivity contribution in [3.8, 4) is 5.75 Å². The van der Waals surface area contributed by atoms with Crippen LogP contribution in [0.5, 0.6) is 5.75 Å². The molecular formula is C17H25NO3. The summed E-state index contributed by atoms with van der Waals surface area (Å²) in [4.78, 5) is 13.4. The molecule has 1 N–H and O–H groups in total. The number of carboxylic acids is 1. The fraction of sp³-hybridized carbons (Fsp3) is 0.588. The number of carboxylic acid groups (broad SMARTS) is 1. The zero-order chi connectivity index (χ0) is 15.2. The van der Waals surface area contributed by atoms with Gasteiger partial charge in [0.15, 0.2) is 0 Å². The lowest BCUT2D eigenvalue weighted by Crippen LogP contribution is -2.38. The minimum Gasteiger partial charge on any atom is -0.490 e. The third-order valence-corrected chi connectivity index (χ3v) is 4.12. The fourth-order valence-electron chi connectivity index (χ4n) is 2.69. The van der Waals surface area contributed by atoms with Crippen molar-refractivity contribution >= 4 is 5.97 Å². The van der Waals surface area contributed by atoms with Crippen molar-refractivity contribution in [1.82, 2.24) is 4.90 Å². The molecule has 0 saturated carbocycles. The van der Waals surface area contributed by atoms with Crippen LogP contribution in [-0.4, -0.2) is 35.2 Å². The van der Waals surface area contributed by atoms with Crippen LogP contribution in [0, 0.1) is 5.92 Å². The molecule has 4 heteroatoms. The number of ether oxygens (including phenoxy) is 1. The predicted octanol–water partition coefficient (Wildman–Crippen LogP) is 3.16. The number of carbonyl (C=O) groups is 1. The smallest absolute Gasteiger partial charge is 0.307 e. The zero-order valence-corrected chi connectivity index (χ0v) is 12.9. The highest BCUT2D eigenvalue weighted by atomic mass is 16.5. The first kappa shape index (κ1) is 15.8. The van der Waals surface area contributed by atoms with Gasteiger partial charge in [-0.15, -0.1) is 0 Å². The third kappa shape index (κ3) is 4.46. The van der Waals surface area contributed by atoms with Crippen LogP contribution in [0.3, 0.4) is 0 Å². The second-order valence-electron chi connectivity index (χ2n) is 5.86. The molecule has 1 aromatic carbocycles. The van der Waals surface area contributed by atoms with E-state index in [0.29, 0.717) is 6.54 Å². The van der Waals surface area contributed by atoms with Crippen molar-refractivity contribution in [1.29, 1.82) is 0 Å². The summed E-state index contributed by atoms with van der Waals surface area (Å²) in [6, 6.07) is 8.07. The van der Waals surface area contributed by atoms with Crippen LogP contribution < -0.4 is 4.74 Å². The molecule has 4 nitrogen and oxygen atoms in total. The molecule has 0 spiro atoms. The standard InChI is InChI=1S/C17H25NO3/c1-3-13(2)21-16-9-5-4-7-14(16)11-18-10-6-8-15(12-18)17(19)20/h4-5,7,9,13,15H,3,6,8,10-12H2,1-2H3,(H,19,20). The van der Waals surface area contributed by atoms with Gasteiger partial charge in [-0.2, -0.15) is 0 Å². The first-order valence-electron chi connectivity index (χ1n) is 7.80. The fourth-order valence-corrected chi connectivity index (χ4v) is 2.69. The Bertz CT molecular complexity index is 475. The molecule has 1 aromatic rings. The van der Waals surface area contributed by atoms with Gasteiger partial charge in [-0.3, -0.25) is 9.69 Å². The Hall–Kier alpha value is -1.55. The van der Waals surface area contributed by atoms with Gasteiger partial charge in [0.2, 0.25) is 0 Å². The molecule has 0 bridgehead atoms. The maximum atomic E-state index is 11.2. The van der Waals surface area contributed by atoms with Crippen LogP contribution in [0.2, 0.25) is 0 Å². The molecule has 1 aliphatic rings. The molecule has 116 valence electrons. The van der Waals surface area contributed by atoms with E-state index in [4.69, 9.17) is 4.74 Å². The highest BCUT2D eigenvalue weighted by molar-refractivity contribution is 5.70. The number of rotatable bonds is 6. The second-order valence-corrected chi connectivity index (χ2v) is 5.86. The molecule has 0 aromatic heterocycles. The molecule has 0 amide bonds. The molecule has 2 atom stereocenters. The van der Waals surface area contributed by atoms with Gasteiger partial charge in [0, 0.05) is 18.7 Å². The van der Waals surface area contributed by atoms with E-state index >= 15 is 0 Å². The molecule has 1 fully saturated rings. The maximum absolute atomic E-state index is 11.2. The van der Waals surface area contributed by atoms with Crippen LogP contribution in [0.4, 0.5) is 0 Å². The van der Waals surface area contributed by atoms with E-state index in [2.05, 4.69) is 24.8 Å². The average Bonchev–Trinajstić information content (AvgIpc) is 2.49. The lowest BCUT2D eigenvalue weighted by molar-refractivity contribution is -0.143. The summed E-state index contributed by atoms with van der Waals surface area (Å²) in [7, 11) is 0. The summed E-state index contributed by atoms with van der Waals surface area (Å²) < 4.78 is 5.97. The second kappa shape index (κ2) is 7.46. The van der Waals surface area contributed by atoms with E-state index in [1.54, 1.807) is 0 Å². The molecule has 1 saturated heterocycles. The number of piperidine rings is 1. The van der Waals surface area contributed by atoms with Crippen LogP contribution in [0.1, 0.15) is 38.7 Å². The molecule has 2 unspecified atom stereocenters. The van der Waals surface area contributed by atoms with Gasteiger partial charge < -0.3 is 9.84 Å².